The van der Waals surface area contributed by atoms with Gasteiger partial charge in [-0.1, -0.05) is 13.0 Å². The summed E-state index contributed by atoms with van der Waals surface area (Å²) in [6.07, 6.45) is 2.02. The smallest absolute Gasteiger partial charge is 0.304 e. The number of carbonyl (C=O) groups is 1. The van der Waals surface area contributed by atoms with Crippen LogP contribution in [0.15, 0.2) is 28.0 Å². The fourth-order valence-electron chi connectivity index (χ4n) is 1.39. The predicted molar refractivity (Wildman–Crippen MR) is 70.5 cm³/mol. The van der Waals surface area contributed by atoms with E-state index in [-0.39, 0.29) is 11.7 Å². The molecule has 0 saturated carbocycles. The van der Waals surface area contributed by atoms with Crippen molar-refractivity contribution < 1.29 is 9.90 Å². The summed E-state index contributed by atoms with van der Waals surface area (Å²) in [7, 11) is 0. The van der Waals surface area contributed by atoms with Gasteiger partial charge in [0.25, 0.3) is 0 Å². The molecular weight excluding hydrogens is 254 g/mol. The molecule has 1 rings (SSSR count). The van der Waals surface area contributed by atoms with E-state index in [1.807, 2.05) is 31.4 Å². The third-order valence-electron chi connectivity index (χ3n) is 2.11. The van der Waals surface area contributed by atoms with Crippen LogP contribution >= 0.6 is 23.5 Å². The topological polar surface area (TPSA) is 61.1 Å². The van der Waals surface area contributed by atoms with Gasteiger partial charge >= 0.3 is 5.97 Å². The minimum absolute atomic E-state index is 0.0447. The molecule has 0 heterocycles. The van der Waals surface area contributed by atoms with Crippen molar-refractivity contribution in [3.63, 3.8) is 0 Å². The molecule has 0 saturated heterocycles. The van der Waals surface area contributed by atoms with Crippen LogP contribution < -0.4 is 0 Å². The number of rotatable bonds is 5. The maximum absolute atomic E-state index is 10.6. The van der Waals surface area contributed by atoms with Crippen molar-refractivity contribution in [1.82, 2.24) is 0 Å². The summed E-state index contributed by atoms with van der Waals surface area (Å²) in [5, 5.41) is 17.8. The molecule has 17 heavy (non-hydrogen) atoms. The van der Waals surface area contributed by atoms with Crippen LogP contribution in [0, 0.1) is 11.3 Å². The molecule has 0 radical (unpaired) electrons. The van der Waals surface area contributed by atoms with Crippen LogP contribution in [0.4, 0.5) is 0 Å². The van der Waals surface area contributed by atoms with E-state index in [0.717, 1.165) is 9.79 Å². The Morgan fingerprint density at radius 1 is 1.53 bits per heavy atom. The maximum atomic E-state index is 10.6. The Hall–Kier alpha value is -1.12. The first-order chi connectivity index (χ1) is 8.08. The fourth-order valence-corrected chi connectivity index (χ4v) is 3.12. The molecule has 5 heteroatoms. The Kier molecular flexibility index (Phi) is 5.39. The third kappa shape index (κ3) is 3.99. The lowest BCUT2D eigenvalue weighted by Crippen LogP contribution is -2.05. The second-order valence-electron chi connectivity index (χ2n) is 3.47. The first-order valence-corrected chi connectivity index (χ1v) is 7.14. The molecule has 0 spiro atoms. The number of benzene rings is 1. The van der Waals surface area contributed by atoms with Crippen molar-refractivity contribution in [3.8, 4) is 6.07 Å². The van der Waals surface area contributed by atoms with Gasteiger partial charge in [-0.3, -0.25) is 4.79 Å². The first kappa shape index (κ1) is 13.9. The minimum Gasteiger partial charge on any atom is -0.481 e. The maximum Gasteiger partial charge on any atom is 0.304 e. The summed E-state index contributed by atoms with van der Waals surface area (Å²) in [4.78, 5) is 12.4. The number of carboxylic acids is 1. The van der Waals surface area contributed by atoms with Gasteiger partial charge in [0.15, 0.2) is 0 Å². The lowest BCUT2D eigenvalue weighted by molar-refractivity contribution is -0.136. The highest BCUT2D eigenvalue weighted by molar-refractivity contribution is 8.00. The van der Waals surface area contributed by atoms with E-state index in [9.17, 15) is 4.79 Å². The Bertz CT molecular complexity index is 454. The van der Waals surface area contributed by atoms with Gasteiger partial charge in [-0.15, -0.1) is 23.5 Å². The summed E-state index contributed by atoms with van der Waals surface area (Å²) < 4.78 is 0. The normalized spacial score (nSPS) is 11.8. The van der Waals surface area contributed by atoms with E-state index in [4.69, 9.17) is 10.4 Å². The van der Waals surface area contributed by atoms with Crippen molar-refractivity contribution in [3.05, 3.63) is 23.8 Å². The number of hydrogen-bond acceptors (Lipinski definition) is 4. The summed E-state index contributed by atoms with van der Waals surface area (Å²) in [5.41, 5.74) is 0.641. The summed E-state index contributed by atoms with van der Waals surface area (Å²) in [5.74, 6) is -0.815. The van der Waals surface area contributed by atoms with Crippen LogP contribution in [0.5, 0.6) is 0 Å². The van der Waals surface area contributed by atoms with Crippen molar-refractivity contribution in [2.45, 2.75) is 28.4 Å². The van der Waals surface area contributed by atoms with Crippen LogP contribution in [-0.2, 0) is 4.79 Å². The Labute approximate surface area is 109 Å². The lowest BCUT2D eigenvalue weighted by Gasteiger charge is -2.11. The highest BCUT2D eigenvalue weighted by Crippen LogP contribution is 2.32. The summed E-state index contributed by atoms with van der Waals surface area (Å²) in [6, 6.07) is 7.84. The van der Waals surface area contributed by atoms with Crippen molar-refractivity contribution in [1.29, 1.82) is 5.26 Å². The molecule has 0 aliphatic carbocycles. The molecule has 0 aliphatic rings. The molecule has 1 N–H and O–H groups in total. The lowest BCUT2D eigenvalue weighted by atomic mass is 10.2. The van der Waals surface area contributed by atoms with Gasteiger partial charge in [-0.05, 0) is 18.4 Å². The molecule has 1 atom stereocenters. The van der Waals surface area contributed by atoms with Crippen molar-refractivity contribution in [2.75, 3.05) is 6.26 Å². The first-order valence-electron chi connectivity index (χ1n) is 5.04. The van der Waals surface area contributed by atoms with Gasteiger partial charge in [-0.25, -0.2) is 0 Å². The molecule has 0 fully saturated rings. The number of hydrogen-bond donors (Lipinski definition) is 1. The summed E-state index contributed by atoms with van der Waals surface area (Å²) in [6.45, 7) is 1.85. The van der Waals surface area contributed by atoms with Gasteiger partial charge in [0, 0.05) is 15.0 Å². The van der Waals surface area contributed by atoms with Crippen molar-refractivity contribution >= 4 is 29.5 Å². The largest absolute Gasteiger partial charge is 0.481 e. The standard InChI is InChI=1S/C12H13NO2S2/c1-8(6-12(14)15)17-11-5-3-4-10(16-2)9(11)7-13/h3-5,8H,6H2,1-2H3,(H,14,15). The highest BCUT2D eigenvalue weighted by atomic mass is 32.2. The Morgan fingerprint density at radius 2 is 2.18 bits per heavy atom. The van der Waals surface area contributed by atoms with Gasteiger partial charge in [0.05, 0.1) is 12.0 Å². The number of aliphatic carboxylic acids is 1. The molecule has 90 valence electrons. The summed E-state index contributed by atoms with van der Waals surface area (Å²) >= 11 is 2.96. The van der Waals surface area contributed by atoms with E-state index in [2.05, 4.69) is 6.07 Å². The average molecular weight is 267 g/mol. The van der Waals surface area contributed by atoms with Crippen LogP contribution in [0.25, 0.3) is 0 Å². The zero-order valence-corrected chi connectivity index (χ0v) is 11.3. The highest BCUT2D eigenvalue weighted by Gasteiger charge is 2.13. The molecule has 3 nitrogen and oxygen atoms in total. The number of carboxylic acid groups (broad SMARTS) is 1. The SMILES string of the molecule is CSc1cccc(SC(C)CC(=O)O)c1C#N. The molecule has 0 aromatic heterocycles. The Morgan fingerprint density at radius 3 is 2.71 bits per heavy atom. The van der Waals surface area contributed by atoms with Gasteiger partial charge in [0.1, 0.15) is 6.07 Å². The molecular formula is C12H13NO2S2. The quantitative estimate of drug-likeness (QED) is 0.830. The van der Waals surface area contributed by atoms with E-state index in [1.165, 1.54) is 23.5 Å². The second kappa shape index (κ2) is 6.58. The number of thioether (sulfide) groups is 2. The van der Waals surface area contributed by atoms with Crippen molar-refractivity contribution in [2.24, 2.45) is 0 Å². The van der Waals surface area contributed by atoms with Crippen LogP contribution in [0.2, 0.25) is 0 Å². The molecule has 1 aromatic rings. The zero-order valence-electron chi connectivity index (χ0n) is 9.64. The third-order valence-corrected chi connectivity index (χ3v) is 4.05. The van der Waals surface area contributed by atoms with Crippen LogP contribution in [0.1, 0.15) is 18.9 Å². The average Bonchev–Trinajstić information content (AvgIpc) is 2.27. The van der Waals surface area contributed by atoms with E-state index in [1.54, 1.807) is 0 Å². The number of nitrogens with zero attached hydrogens (tertiary/aromatic N) is 1. The van der Waals surface area contributed by atoms with E-state index in [0.29, 0.717) is 5.56 Å². The monoisotopic (exact) mass is 267 g/mol. The zero-order chi connectivity index (χ0) is 12.8. The number of nitriles is 1. The van der Waals surface area contributed by atoms with Crippen LogP contribution in [-0.4, -0.2) is 22.6 Å². The predicted octanol–water partition coefficient (Wildman–Crippen LogP) is 3.24. The van der Waals surface area contributed by atoms with E-state index < -0.39 is 5.97 Å². The molecule has 1 aromatic carbocycles. The molecule has 0 aliphatic heterocycles. The van der Waals surface area contributed by atoms with Gasteiger partial charge in [-0.2, -0.15) is 5.26 Å². The van der Waals surface area contributed by atoms with Gasteiger partial charge in [0.2, 0.25) is 0 Å². The molecule has 0 bridgehead atoms. The minimum atomic E-state index is -0.815. The van der Waals surface area contributed by atoms with Crippen LogP contribution in [0.3, 0.4) is 0 Å². The molecule has 1 unspecified atom stereocenters. The van der Waals surface area contributed by atoms with Gasteiger partial charge < -0.3 is 5.11 Å². The molecule has 0 amide bonds. The fraction of sp³-hybridized carbons (Fsp3) is 0.333. The Balaban J connectivity index is 2.91. The van der Waals surface area contributed by atoms with E-state index >= 15 is 0 Å². The second-order valence-corrected chi connectivity index (χ2v) is 5.80.